The summed E-state index contributed by atoms with van der Waals surface area (Å²) in [6.07, 6.45) is 1.23. The van der Waals surface area contributed by atoms with Gasteiger partial charge in [0.25, 0.3) is 0 Å². The Morgan fingerprint density at radius 2 is 2.15 bits per heavy atom. The van der Waals surface area contributed by atoms with Crippen LogP contribution in [0.25, 0.3) is 0 Å². The highest BCUT2D eigenvalue weighted by molar-refractivity contribution is 7.90. The summed E-state index contributed by atoms with van der Waals surface area (Å²) < 4.78 is 21.8. The Hall–Kier alpha value is -0.0600. The maximum absolute atomic E-state index is 10.9. The Bertz CT molecular complexity index is 272. The van der Waals surface area contributed by atoms with Crippen LogP contribution in [0.4, 0.5) is 0 Å². The Balaban J connectivity index is 3.83. The van der Waals surface area contributed by atoms with E-state index in [-0.39, 0.29) is 11.8 Å². The average molecular weight is 226 g/mol. The lowest BCUT2D eigenvalue weighted by atomic mass is 10.3. The molecule has 3 nitrogen and oxygen atoms in total. The van der Waals surface area contributed by atoms with Gasteiger partial charge in [-0.2, -0.15) is 0 Å². The van der Waals surface area contributed by atoms with Gasteiger partial charge in [0, 0.05) is 24.4 Å². The number of hydrogen-bond acceptors (Lipinski definition) is 3. The van der Waals surface area contributed by atoms with Crippen molar-refractivity contribution in [3.63, 3.8) is 0 Å². The van der Waals surface area contributed by atoms with Crippen molar-refractivity contribution in [2.24, 2.45) is 0 Å². The lowest BCUT2D eigenvalue weighted by Gasteiger charge is -2.12. The fourth-order valence-electron chi connectivity index (χ4n) is 0.887. The molecule has 0 aromatic rings. The highest BCUT2D eigenvalue weighted by atomic mass is 35.5. The number of sulfone groups is 1. The maximum Gasteiger partial charge on any atom is 0.148 e. The average Bonchev–Trinajstić information content (AvgIpc) is 1.97. The SMILES string of the molecule is CC(=CCl)CNC(C)CS(C)(=O)=O. The van der Waals surface area contributed by atoms with Crippen LogP contribution in [-0.4, -0.2) is 33.0 Å². The van der Waals surface area contributed by atoms with Crippen LogP contribution in [0, 0.1) is 0 Å². The van der Waals surface area contributed by atoms with E-state index in [1.165, 1.54) is 11.8 Å². The van der Waals surface area contributed by atoms with Crippen molar-refractivity contribution in [2.45, 2.75) is 19.9 Å². The van der Waals surface area contributed by atoms with E-state index in [0.29, 0.717) is 6.54 Å². The van der Waals surface area contributed by atoms with Gasteiger partial charge in [-0.3, -0.25) is 0 Å². The van der Waals surface area contributed by atoms with Gasteiger partial charge in [0.1, 0.15) is 9.84 Å². The lowest BCUT2D eigenvalue weighted by molar-refractivity contribution is 0.573. The van der Waals surface area contributed by atoms with Crippen molar-refractivity contribution in [1.29, 1.82) is 0 Å². The summed E-state index contributed by atoms with van der Waals surface area (Å²) >= 11 is 5.45. The molecule has 0 amide bonds. The zero-order chi connectivity index (χ0) is 10.5. The molecule has 0 bridgehead atoms. The number of hydrogen-bond donors (Lipinski definition) is 1. The first-order valence-corrected chi connectivity index (χ1v) is 6.52. The summed E-state index contributed by atoms with van der Waals surface area (Å²) in [4.78, 5) is 0. The third-order valence-electron chi connectivity index (χ3n) is 1.47. The Morgan fingerprint density at radius 3 is 2.54 bits per heavy atom. The van der Waals surface area contributed by atoms with Crippen LogP contribution >= 0.6 is 11.6 Å². The van der Waals surface area contributed by atoms with E-state index < -0.39 is 9.84 Å². The summed E-state index contributed by atoms with van der Waals surface area (Å²) in [6.45, 7) is 4.34. The topological polar surface area (TPSA) is 46.2 Å². The van der Waals surface area contributed by atoms with Crippen LogP contribution < -0.4 is 5.32 Å². The second-order valence-electron chi connectivity index (χ2n) is 3.33. The molecule has 0 spiro atoms. The maximum atomic E-state index is 10.9. The van der Waals surface area contributed by atoms with E-state index in [1.807, 2.05) is 13.8 Å². The molecule has 0 saturated heterocycles. The van der Waals surface area contributed by atoms with Gasteiger partial charge < -0.3 is 5.32 Å². The third-order valence-corrected chi connectivity index (χ3v) is 2.95. The number of rotatable bonds is 5. The molecule has 0 saturated carbocycles. The molecule has 0 fully saturated rings. The van der Waals surface area contributed by atoms with Crippen LogP contribution in [0.3, 0.4) is 0 Å². The van der Waals surface area contributed by atoms with E-state index in [4.69, 9.17) is 11.6 Å². The van der Waals surface area contributed by atoms with Gasteiger partial charge in [-0.15, -0.1) is 0 Å². The van der Waals surface area contributed by atoms with Gasteiger partial charge in [0.05, 0.1) is 5.75 Å². The van der Waals surface area contributed by atoms with Crippen molar-refractivity contribution in [1.82, 2.24) is 5.32 Å². The molecule has 13 heavy (non-hydrogen) atoms. The highest BCUT2D eigenvalue weighted by Crippen LogP contribution is 1.95. The second kappa shape index (κ2) is 5.62. The fourth-order valence-corrected chi connectivity index (χ4v) is 1.99. The molecule has 0 aliphatic carbocycles. The number of nitrogens with one attached hydrogen (secondary N) is 1. The van der Waals surface area contributed by atoms with Crippen molar-refractivity contribution in [2.75, 3.05) is 18.6 Å². The van der Waals surface area contributed by atoms with Gasteiger partial charge in [-0.05, 0) is 19.4 Å². The van der Waals surface area contributed by atoms with Crippen molar-refractivity contribution in [3.8, 4) is 0 Å². The fraction of sp³-hybridized carbons (Fsp3) is 0.750. The van der Waals surface area contributed by atoms with Crippen molar-refractivity contribution in [3.05, 3.63) is 11.1 Å². The lowest BCUT2D eigenvalue weighted by Crippen LogP contribution is -2.33. The zero-order valence-electron chi connectivity index (χ0n) is 8.17. The molecule has 0 aliphatic heterocycles. The van der Waals surface area contributed by atoms with Crippen LogP contribution in [-0.2, 0) is 9.84 Å². The molecular formula is C8H16ClNO2S. The molecular weight excluding hydrogens is 210 g/mol. The zero-order valence-corrected chi connectivity index (χ0v) is 9.74. The normalized spacial score (nSPS) is 15.8. The summed E-state index contributed by atoms with van der Waals surface area (Å²) in [5.74, 6) is 0.155. The molecule has 1 N–H and O–H groups in total. The quantitative estimate of drug-likeness (QED) is 0.764. The van der Waals surface area contributed by atoms with Gasteiger partial charge >= 0.3 is 0 Å². The second-order valence-corrected chi connectivity index (χ2v) is 5.73. The van der Waals surface area contributed by atoms with E-state index in [2.05, 4.69) is 5.32 Å². The van der Waals surface area contributed by atoms with E-state index >= 15 is 0 Å². The van der Waals surface area contributed by atoms with Gasteiger partial charge in [0.2, 0.25) is 0 Å². The van der Waals surface area contributed by atoms with Gasteiger partial charge in [0.15, 0.2) is 0 Å². The molecule has 1 atom stereocenters. The monoisotopic (exact) mass is 225 g/mol. The van der Waals surface area contributed by atoms with Gasteiger partial charge in [-0.1, -0.05) is 11.6 Å². The van der Waals surface area contributed by atoms with E-state index in [0.717, 1.165) is 5.57 Å². The van der Waals surface area contributed by atoms with Crippen LogP contribution in [0.2, 0.25) is 0 Å². The van der Waals surface area contributed by atoms with Crippen LogP contribution in [0.1, 0.15) is 13.8 Å². The standard InChI is InChI=1S/C8H16ClNO2S/c1-7(4-9)5-10-8(2)6-13(3,11)12/h4,8,10H,5-6H2,1-3H3. The molecule has 78 valence electrons. The molecule has 1 unspecified atom stereocenters. The molecule has 5 heteroatoms. The van der Waals surface area contributed by atoms with Gasteiger partial charge in [-0.25, -0.2) is 8.42 Å². The van der Waals surface area contributed by atoms with Crippen LogP contribution in [0.5, 0.6) is 0 Å². The first-order chi connectivity index (χ1) is 5.85. The molecule has 0 radical (unpaired) electrons. The Morgan fingerprint density at radius 1 is 1.62 bits per heavy atom. The highest BCUT2D eigenvalue weighted by Gasteiger charge is 2.09. The summed E-state index contributed by atoms with van der Waals surface area (Å²) in [6, 6.07) is -0.0402. The first kappa shape index (κ1) is 12.9. The third kappa shape index (κ3) is 8.28. The molecule has 0 aromatic heterocycles. The molecule has 0 aromatic carbocycles. The largest absolute Gasteiger partial charge is 0.309 e. The van der Waals surface area contributed by atoms with Crippen molar-refractivity contribution >= 4 is 21.4 Å². The predicted octanol–water partition coefficient (Wildman–Crippen LogP) is 1.15. The van der Waals surface area contributed by atoms with E-state index in [9.17, 15) is 8.42 Å². The number of halogens is 1. The first-order valence-electron chi connectivity index (χ1n) is 4.02. The van der Waals surface area contributed by atoms with Crippen LogP contribution in [0.15, 0.2) is 11.1 Å². The minimum Gasteiger partial charge on any atom is -0.309 e. The Kier molecular flexibility index (Phi) is 5.60. The van der Waals surface area contributed by atoms with Crippen molar-refractivity contribution < 1.29 is 8.42 Å². The molecule has 0 heterocycles. The summed E-state index contributed by atoms with van der Waals surface area (Å²) in [5.41, 5.74) is 2.47. The minimum absolute atomic E-state index is 0.0402. The van der Waals surface area contributed by atoms with E-state index in [1.54, 1.807) is 0 Å². The summed E-state index contributed by atoms with van der Waals surface area (Å²) in [5, 5.41) is 3.06. The minimum atomic E-state index is -2.89. The Labute approximate surface area is 85.1 Å². The summed E-state index contributed by atoms with van der Waals surface area (Å²) in [7, 11) is -2.89. The molecule has 0 aliphatic rings. The smallest absolute Gasteiger partial charge is 0.148 e. The molecule has 0 rings (SSSR count). The predicted molar refractivity (Wildman–Crippen MR) is 56.8 cm³/mol.